The fourth-order valence-corrected chi connectivity index (χ4v) is 2.21. The number of hydrogen-bond acceptors (Lipinski definition) is 4. The molecule has 98 valence electrons. The van der Waals surface area contributed by atoms with Crippen molar-refractivity contribution < 1.29 is 14.3 Å². The fraction of sp³-hybridized carbons (Fsp3) is 0.833. The van der Waals surface area contributed by atoms with Gasteiger partial charge in [0.05, 0.1) is 13.0 Å². The van der Waals surface area contributed by atoms with Gasteiger partial charge in [0.2, 0.25) is 5.91 Å². The first-order valence-electron chi connectivity index (χ1n) is 6.18. The molecule has 5 heteroatoms. The first-order chi connectivity index (χ1) is 8.17. The molecule has 17 heavy (non-hydrogen) atoms. The summed E-state index contributed by atoms with van der Waals surface area (Å²) in [6, 6.07) is 0. The molecule has 1 saturated heterocycles. The molecule has 1 heterocycles. The summed E-state index contributed by atoms with van der Waals surface area (Å²) in [5.74, 6) is -0.0266. The van der Waals surface area contributed by atoms with Crippen molar-refractivity contribution in [3.05, 3.63) is 0 Å². The predicted molar refractivity (Wildman–Crippen MR) is 64.5 cm³/mol. The zero-order chi connectivity index (χ0) is 12.7. The maximum Gasteiger partial charge on any atom is 0.309 e. The van der Waals surface area contributed by atoms with E-state index in [1.165, 1.54) is 7.11 Å². The van der Waals surface area contributed by atoms with Crippen LogP contribution in [0.5, 0.6) is 0 Å². The molecule has 0 saturated carbocycles. The van der Waals surface area contributed by atoms with Crippen LogP contribution in [0.4, 0.5) is 0 Å². The number of hydrogen-bond donors (Lipinski definition) is 1. The molecule has 0 aromatic heterocycles. The van der Waals surface area contributed by atoms with Gasteiger partial charge in [-0.05, 0) is 32.4 Å². The van der Waals surface area contributed by atoms with E-state index in [9.17, 15) is 9.59 Å². The second-order valence-corrected chi connectivity index (χ2v) is 4.44. The Labute approximate surface area is 102 Å². The monoisotopic (exact) mass is 242 g/mol. The number of carbonyl (C=O) groups is 2. The number of amides is 1. The molecule has 1 aliphatic rings. The summed E-state index contributed by atoms with van der Waals surface area (Å²) in [7, 11) is 3.09. The van der Waals surface area contributed by atoms with E-state index >= 15 is 0 Å². The molecular weight excluding hydrogens is 220 g/mol. The van der Waals surface area contributed by atoms with Gasteiger partial charge in [-0.15, -0.1) is 0 Å². The van der Waals surface area contributed by atoms with Crippen LogP contribution in [-0.4, -0.2) is 50.6 Å². The minimum absolute atomic E-state index is 0.00810. The standard InChI is InChI=1S/C12H22N2O3/c1-13-11(15)6-4-8-14-7-3-5-10(9-14)12(16)17-2/h10H,3-9H2,1-2H3,(H,13,15)/t10-/m0/s1. The molecule has 0 radical (unpaired) electrons. The zero-order valence-corrected chi connectivity index (χ0v) is 10.7. The van der Waals surface area contributed by atoms with Gasteiger partial charge in [0, 0.05) is 20.0 Å². The summed E-state index contributed by atoms with van der Waals surface area (Å²) in [4.78, 5) is 24.7. The minimum atomic E-state index is -0.110. The van der Waals surface area contributed by atoms with Gasteiger partial charge in [-0.3, -0.25) is 9.59 Å². The first kappa shape index (κ1) is 14.0. The molecule has 1 fully saturated rings. The van der Waals surface area contributed by atoms with Gasteiger partial charge in [-0.2, -0.15) is 0 Å². The molecule has 0 spiro atoms. The summed E-state index contributed by atoms with van der Waals surface area (Å²) in [5, 5.41) is 2.61. The highest BCUT2D eigenvalue weighted by Crippen LogP contribution is 2.17. The average molecular weight is 242 g/mol. The largest absolute Gasteiger partial charge is 0.469 e. The van der Waals surface area contributed by atoms with E-state index in [0.717, 1.165) is 38.9 Å². The van der Waals surface area contributed by atoms with Gasteiger partial charge in [0.15, 0.2) is 0 Å². The van der Waals surface area contributed by atoms with E-state index in [1.54, 1.807) is 7.05 Å². The van der Waals surface area contributed by atoms with E-state index in [0.29, 0.717) is 6.42 Å². The maximum absolute atomic E-state index is 11.4. The number of esters is 1. The van der Waals surface area contributed by atoms with Crippen molar-refractivity contribution in [3.63, 3.8) is 0 Å². The lowest BCUT2D eigenvalue weighted by atomic mass is 9.98. The summed E-state index contributed by atoms with van der Waals surface area (Å²) in [6.07, 6.45) is 3.34. The third kappa shape index (κ3) is 4.73. The lowest BCUT2D eigenvalue weighted by molar-refractivity contribution is -0.147. The Bertz CT molecular complexity index is 268. The Morgan fingerprint density at radius 2 is 2.24 bits per heavy atom. The predicted octanol–water partition coefficient (Wildman–Crippen LogP) is 0.398. The van der Waals surface area contributed by atoms with Crippen molar-refractivity contribution in [1.82, 2.24) is 10.2 Å². The molecule has 1 aliphatic heterocycles. The van der Waals surface area contributed by atoms with Gasteiger partial charge in [-0.25, -0.2) is 0 Å². The van der Waals surface area contributed by atoms with Crippen molar-refractivity contribution in [2.45, 2.75) is 25.7 Å². The van der Waals surface area contributed by atoms with Crippen molar-refractivity contribution in [3.8, 4) is 0 Å². The summed E-state index contributed by atoms with van der Waals surface area (Å²) < 4.78 is 4.77. The molecular formula is C12H22N2O3. The van der Waals surface area contributed by atoms with E-state index in [2.05, 4.69) is 10.2 Å². The number of likely N-dealkylation sites (tertiary alicyclic amines) is 1. The smallest absolute Gasteiger partial charge is 0.309 e. The fourth-order valence-electron chi connectivity index (χ4n) is 2.21. The summed E-state index contributed by atoms with van der Waals surface area (Å²) in [5.41, 5.74) is 0. The number of piperidine rings is 1. The average Bonchev–Trinajstić information content (AvgIpc) is 2.38. The van der Waals surface area contributed by atoms with E-state index in [-0.39, 0.29) is 17.8 Å². The highest BCUT2D eigenvalue weighted by atomic mass is 16.5. The number of ether oxygens (including phenoxy) is 1. The molecule has 0 aromatic carbocycles. The Morgan fingerprint density at radius 3 is 2.88 bits per heavy atom. The summed E-state index contributed by atoms with van der Waals surface area (Å²) in [6.45, 7) is 2.66. The molecule has 1 atom stereocenters. The van der Waals surface area contributed by atoms with Crippen LogP contribution in [0, 0.1) is 5.92 Å². The molecule has 1 amide bonds. The first-order valence-corrected chi connectivity index (χ1v) is 6.18. The Balaban J connectivity index is 2.25. The number of nitrogens with zero attached hydrogens (tertiary/aromatic N) is 1. The Hall–Kier alpha value is -1.10. The molecule has 0 aromatic rings. The Kier molecular flexibility index (Phi) is 5.97. The third-order valence-electron chi connectivity index (χ3n) is 3.20. The summed E-state index contributed by atoms with van der Waals surface area (Å²) >= 11 is 0. The number of rotatable bonds is 5. The number of nitrogens with one attached hydrogen (secondary N) is 1. The van der Waals surface area contributed by atoms with Crippen LogP contribution in [-0.2, 0) is 14.3 Å². The molecule has 0 bridgehead atoms. The number of carbonyl (C=O) groups excluding carboxylic acids is 2. The van der Waals surface area contributed by atoms with Crippen LogP contribution >= 0.6 is 0 Å². The lowest BCUT2D eigenvalue weighted by Crippen LogP contribution is -2.39. The molecule has 1 N–H and O–H groups in total. The third-order valence-corrected chi connectivity index (χ3v) is 3.20. The maximum atomic E-state index is 11.4. The quantitative estimate of drug-likeness (QED) is 0.709. The Morgan fingerprint density at radius 1 is 1.47 bits per heavy atom. The SMILES string of the molecule is CNC(=O)CCCN1CCC[C@H](C(=O)OC)C1. The molecule has 0 aliphatic carbocycles. The van der Waals surface area contributed by atoms with Gasteiger partial charge in [-0.1, -0.05) is 0 Å². The van der Waals surface area contributed by atoms with E-state index in [1.807, 2.05) is 0 Å². The number of methoxy groups -OCH3 is 1. The van der Waals surface area contributed by atoms with Crippen LogP contribution in [0.1, 0.15) is 25.7 Å². The van der Waals surface area contributed by atoms with Crippen molar-refractivity contribution in [2.24, 2.45) is 5.92 Å². The zero-order valence-electron chi connectivity index (χ0n) is 10.7. The van der Waals surface area contributed by atoms with Gasteiger partial charge in [0.1, 0.15) is 0 Å². The normalized spacial score (nSPS) is 20.9. The van der Waals surface area contributed by atoms with Crippen molar-refractivity contribution >= 4 is 11.9 Å². The van der Waals surface area contributed by atoms with Gasteiger partial charge in [0.25, 0.3) is 0 Å². The topological polar surface area (TPSA) is 58.6 Å². The minimum Gasteiger partial charge on any atom is -0.469 e. The molecule has 5 nitrogen and oxygen atoms in total. The second kappa shape index (κ2) is 7.27. The van der Waals surface area contributed by atoms with Gasteiger partial charge < -0.3 is 15.0 Å². The lowest BCUT2D eigenvalue weighted by Gasteiger charge is -2.31. The van der Waals surface area contributed by atoms with Crippen LogP contribution in [0.15, 0.2) is 0 Å². The van der Waals surface area contributed by atoms with Crippen LogP contribution < -0.4 is 5.32 Å². The highest BCUT2D eigenvalue weighted by Gasteiger charge is 2.25. The van der Waals surface area contributed by atoms with E-state index < -0.39 is 0 Å². The molecule has 1 rings (SSSR count). The van der Waals surface area contributed by atoms with Crippen molar-refractivity contribution in [2.75, 3.05) is 33.8 Å². The van der Waals surface area contributed by atoms with Crippen molar-refractivity contribution in [1.29, 1.82) is 0 Å². The van der Waals surface area contributed by atoms with Crippen LogP contribution in [0.3, 0.4) is 0 Å². The second-order valence-electron chi connectivity index (χ2n) is 4.44. The molecule has 0 unspecified atom stereocenters. The van der Waals surface area contributed by atoms with Gasteiger partial charge >= 0.3 is 5.97 Å². The highest BCUT2D eigenvalue weighted by molar-refractivity contribution is 5.75. The van der Waals surface area contributed by atoms with E-state index in [4.69, 9.17) is 4.74 Å². The van der Waals surface area contributed by atoms with Crippen LogP contribution in [0.25, 0.3) is 0 Å². The van der Waals surface area contributed by atoms with Crippen LogP contribution in [0.2, 0.25) is 0 Å².